The Labute approximate surface area is 85.4 Å². The fraction of sp³-hybridized carbons (Fsp3) is 1.00. The van der Waals surface area contributed by atoms with Crippen LogP contribution in [0, 0.1) is 0 Å². The summed E-state index contributed by atoms with van der Waals surface area (Å²) in [6, 6.07) is 0. The first kappa shape index (κ1) is 12.5. The van der Waals surface area contributed by atoms with Crippen molar-refractivity contribution >= 4 is 16.3 Å². The summed E-state index contributed by atoms with van der Waals surface area (Å²) in [4.78, 5) is 0. The van der Waals surface area contributed by atoms with Crippen LogP contribution in [0.25, 0.3) is 0 Å². The van der Waals surface area contributed by atoms with Crippen molar-refractivity contribution in [1.82, 2.24) is 0 Å². The predicted octanol–water partition coefficient (Wildman–Crippen LogP) is 2.96. The van der Waals surface area contributed by atoms with Crippen LogP contribution in [0.2, 0.25) is 0 Å². The normalized spacial score (nSPS) is 10.5. The van der Waals surface area contributed by atoms with Gasteiger partial charge in [-0.1, -0.05) is 0 Å². The Hall–Kier alpha value is 0.479. The summed E-state index contributed by atoms with van der Waals surface area (Å²) in [6.45, 7) is 3.17. The van der Waals surface area contributed by atoms with E-state index in [9.17, 15) is 0 Å². The quantitative estimate of drug-likeness (QED) is 0.442. The van der Waals surface area contributed by atoms with Crippen LogP contribution in [0.5, 0.6) is 0 Å². The van der Waals surface area contributed by atoms with Crippen molar-refractivity contribution in [1.29, 1.82) is 0 Å². The molecule has 0 N–H and O–H groups in total. The molecule has 0 radical (unpaired) electrons. The van der Waals surface area contributed by atoms with Gasteiger partial charge in [-0.15, -0.1) is 0 Å². The molecule has 2 heteroatoms. The monoisotopic (exact) mass is 238 g/mol. The van der Waals surface area contributed by atoms with E-state index in [4.69, 9.17) is 3.82 Å². The number of unbranched alkanes of at least 4 members (excludes halogenated alkanes) is 7. The standard InChI is InChI=1S/C10H22OSe/c1-2-3-4-5-6-7-8-9-10-11-12/h12H,2-10H2,1H3. The van der Waals surface area contributed by atoms with Crippen LogP contribution in [0.15, 0.2) is 0 Å². The number of hydrogen-bond donors (Lipinski definition) is 0. The zero-order valence-electron chi connectivity index (χ0n) is 8.22. The molecular weight excluding hydrogens is 215 g/mol. The third kappa shape index (κ3) is 10.5. The van der Waals surface area contributed by atoms with Gasteiger partial charge in [-0.3, -0.25) is 0 Å². The molecule has 0 atom stereocenters. The van der Waals surface area contributed by atoms with Gasteiger partial charge in [0, 0.05) is 0 Å². The van der Waals surface area contributed by atoms with E-state index in [-0.39, 0.29) is 0 Å². The van der Waals surface area contributed by atoms with Gasteiger partial charge in [0.2, 0.25) is 0 Å². The van der Waals surface area contributed by atoms with Gasteiger partial charge in [0.15, 0.2) is 0 Å². The molecule has 0 bridgehead atoms. The number of rotatable bonds is 9. The first-order chi connectivity index (χ1) is 5.91. The van der Waals surface area contributed by atoms with Gasteiger partial charge in [-0.25, -0.2) is 0 Å². The molecule has 1 nitrogen and oxygen atoms in total. The summed E-state index contributed by atoms with van der Waals surface area (Å²) in [5, 5.41) is 0. The fourth-order valence-electron chi connectivity index (χ4n) is 1.30. The minimum absolute atomic E-state index is 0.912. The van der Waals surface area contributed by atoms with Gasteiger partial charge < -0.3 is 0 Å². The number of hydrogen-bond acceptors (Lipinski definition) is 1. The second kappa shape index (κ2) is 11.5. The molecular formula is C10H22OSe. The fourth-order valence-corrected chi connectivity index (χ4v) is 1.57. The molecule has 0 aromatic carbocycles. The molecule has 0 aromatic heterocycles. The molecule has 0 rings (SSSR count). The van der Waals surface area contributed by atoms with Crippen molar-refractivity contribution < 1.29 is 3.82 Å². The first-order valence-electron chi connectivity index (χ1n) is 5.18. The van der Waals surface area contributed by atoms with Gasteiger partial charge in [0.05, 0.1) is 0 Å². The van der Waals surface area contributed by atoms with Gasteiger partial charge in [0.1, 0.15) is 0 Å². The third-order valence-corrected chi connectivity index (χ3v) is 2.47. The van der Waals surface area contributed by atoms with Gasteiger partial charge in [-0.2, -0.15) is 0 Å². The summed E-state index contributed by atoms with van der Waals surface area (Å²) in [7, 11) is 0. The van der Waals surface area contributed by atoms with Crippen molar-refractivity contribution in [3.8, 4) is 0 Å². The molecule has 0 fully saturated rings. The molecule has 0 amide bonds. The summed E-state index contributed by atoms with van der Waals surface area (Å²) in [5.74, 6) is 0. The predicted molar refractivity (Wildman–Crippen MR) is 55.7 cm³/mol. The van der Waals surface area contributed by atoms with E-state index >= 15 is 0 Å². The van der Waals surface area contributed by atoms with Crippen LogP contribution in [0.3, 0.4) is 0 Å². The average Bonchev–Trinajstić information content (AvgIpc) is 2.10. The summed E-state index contributed by atoms with van der Waals surface area (Å²) >= 11 is 2.17. The molecule has 0 heterocycles. The Bertz CT molecular complexity index is 66.2. The summed E-state index contributed by atoms with van der Waals surface area (Å²) in [6.07, 6.45) is 11.0. The zero-order valence-corrected chi connectivity index (χ0v) is 10.1. The van der Waals surface area contributed by atoms with Gasteiger partial charge >= 0.3 is 85.1 Å². The molecule has 0 aliphatic carbocycles. The zero-order chi connectivity index (χ0) is 9.07. The van der Waals surface area contributed by atoms with E-state index in [0.29, 0.717) is 0 Å². The van der Waals surface area contributed by atoms with E-state index in [1.807, 2.05) is 0 Å². The van der Waals surface area contributed by atoms with E-state index < -0.39 is 0 Å². The van der Waals surface area contributed by atoms with Crippen LogP contribution in [-0.4, -0.2) is 22.9 Å². The molecule has 0 unspecified atom stereocenters. The van der Waals surface area contributed by atoms with Crippen LogP contribution < -0.4 is 0 Å². The molecule has 74 valence electrons. The Morgan fingerprint density at radius 3 is 1.83 bits per heavy atom. The summed E-state index contributed by atoms with van der Waals surface area (Å²) < 4.78 is 4.92. The van der Waals surface area contributed by atoms with Gasteiger partial charge in [-0.05, 0) is 0 Å². The van der Waals surface area contributed by atoms with Crippen LogP contribution in [-0.2, 0) is 3.82 Å². The summed E-state index contributed by atoms with van der Waals surface area (Å²) in [5.41, 5.74) is 0. The average molecular weight is 237 g/mol. The Morgan fingerprint density at radius 2 is 1.33 bits per heavy atom. The molecule has 0 aliphatic heterocycles. The van der Waals surface area contributed by atoms with Crippen molar-refractivity contribution in [3.05, 3.63) is 0 Å². The van der Waals surface area contributed by atoms with Crippen LogP contribution in [0.4, 0.5) is 0 Å². The SMILES string of the molecule is CCCCCCCCCCO[SeH]. The Kier molecular flexibility index (Phi) is 11.9. The second-order valence-corrected chi connectivity index (χ2v) is 3.85. The van der Waals surface area contributed by atoms with E-state index in [1.165, 1.54) is 51.4 Å². The van der Waals surface area contributed by atoms with E-state index in [0.717, 1.165) is 6.61 Å². The second-order valence-electron chi connectivity index (χ2n) is 3.31. The van der Waals surface area contributed by atoms with Crippen molar-refractivity contribution in [2.45, 2.75) is 58.3 Å². The van der Waals surface area contributed by atoms with E-state index in [1.54, 1.807) is 0 Å². The Balaban J connectivity index is 2.73. The van der Waals surface area contributed by atoms with Crippen LogP contribution >= 0.6 is 0 Å². The van der Waals surface area contributed by atoms with Crippen molar-refractivity contribution in [3.63, 3.8) is 0 Å². The van der Waals surface area contributed by atoms with Crippen molar-refractivity contribution in [2.24, 2.45) is 0 Å². The molecule has 0 aromatic rings. The molecule has 0 aliphatic rings. The molecule has 0 spiro atoms. The van der Waals surface area contributed by atoms with Crippen LogP contribution in [0.1, 0.15) is 58.3 Å². The minimum atomic E-state index is 0.912. The third-order valence-electron chi connectivity index (χ3n) is 2.09. The maximum atomic E-state index is 4.92. The molecule has 0 saturated heterocycles. The molecule has 12 heavy (non-hydrogen) atoms. The Morgan fingerprint density at radius 1 is 0.833 bits per heavy atom. The molecule has 0 saturated carbocycles. The van der Waals surface area contributed by atoms with E-state index in [2.05, 4.69) is 23.3 Å². The van der Waals surface area contributed by atoms with Crippen molar-refractivity contribution in [2.75, 3.05) is 6.61 Å². The first-order valence-corrected chi connectivity index (χ1v) is 5.94. The van der Waals surface area contributed by atoms with Gasteiger partial charge in [0.25, 0.3) is 0 Å². The topological polar surface area (TPSA) is 9.23 Å². The maximum absolute atomic E-state index is 4.92.